The highest BCUT2D eigenvalue weighted by atomic mass is 16.5. The molecule has 1 saturated heterocycles. The molecular formula is C13H19N5O3. The van der Waals surface area contributed by atoms with Crippen LogP contribution >= 0.6 is 0 Å². The van der Waals surface area contributed by atoms with Crippen LogP contribution in [0.4, 0.5) is 0 Å². The second-order valence-electron chi connectivity index (χ2n) is 5.12. The summed E-state index contributed by atoms with van der Waals surface area (Å²) < 4.78 is 16.0. The molecule has 1 unspecified atom stereocenters. The minimum Gasteiger partial charge on any atom is -0.436 e. The van der Waals surface area contributed by atoms with Crippen molar-refractivity contribution in [3.05, 3.63) is 17.4 Å². The van der Waals surface area contributed by atoms with Gasteiger partial charge in [-0.25, -0.2) is 4.98 Å². The molecule has 1 atom stereocenters. The summed E-state index contributed by atoms with van der Waals surface area (Å²) in [7, 11) is 0. The molecule has 2 aromatic heterocycles. The zero-order valence-electron chi connectivity index (χ0n) is 12.2. The van der Waals surface area contributed by atoms with E-state index in [1.807, 2.05) is 6.92 Å². The maximum Gasteiger partial charge on any atom is 0.295 e. The summed E-state index contributed by atoms with van der Waals surface area (Å²) in [6.45, 7) is 7.51. The third-order valence-corrected chi connectivity index (χ3v) is 3.43. The van der Waals surface area contributed by atoms with E-state index in [-0.39, 0.29) is 6.04 Å². The molecule has 0 spiro atoms. The molecule has 0 aliphatic carbocycles. The van der Waals surface area contributed by atoms with Crippen LogP contribution < -0.4 is 5.73 Å². The summed E-state index contributed by atoms with van der Waals surface area (Å²) in [6.07, 6.45) is 0. The van der Waals surface area contributed by atoms with Crippen molar-refractivity contribution in [1.82, 2.24) is 20.0 Å². The second-order valence-corrected chi connectivity index (χ2v) is 5.12. The molecule has 0 radical (unpaired) electrons. The van der Waals surface area contributed by atoms with Crippen molar-refractivity contribution in [1.29, 1.82) is 0 Å². The molecule has 0 aromatic carbocycles. The highest BCUT2D eigenvalue weighted by molar-refractivity contribution is 5.47. The van der Waals surface area contributed by atoms with Gasteiger partial charge in [-0.15, -0.1) is 0 Å². The molecule has 3 rings (SSSR count). The predicted molar refractivity (Wildman–Crippen MR) is 73.5 cm³/mol. The highest BCUT2D eigenvalue weighted by Crippen LogP contribution is 2.23. The second kappa shape index (κ2) is 5.92. The van der Waals surface area contributed by atoms with E-state index in [1.54, 1.807) is 6.92 Å². The first kappa shape index (κ1) is 14.2. The van der Waals surface area contributed by atoms with Crippen LogP contribution in [0.15, 0.2) is 8.94 Å². The lowest BCUT2D eigenvalue weighted by Gasteiger charge is -2.27. The Morgan fingerprint density at radius 3 is 2.67 bits per heavy atom. The normalized spacial score (nSPS) is 18.0. The van der Waals surface area contributed by atoms with Crippen LogP contribution in [0, 0.1) is 13.8 Å². The monoisotopic (exact) mass is 293 g/mol. The fraction of sp³-hybridized carbons (Fsp3) is 0.615. The smallest absolute Gasteiger partial charge is 0.295 e. The van der Waals surface area contributed by atoms with E-state index in [2.05, 4.69) is 20.0 Å². The number of oxazole rings is 1. The molecule has 3 heterocycles. The van der Waals surface area contributed by atoms with Gasteiger partial charge in [0.2, 0.25) is 5.76 Å². The minimum atomic E-state index is -0.301. The van der Waals surface area contributed by atoms with Gasteiger partial charge in [0.1, 0.15) is 0 Å². The maximum atomic E-state index is 6.15. The number of ether oxygens (including phenoxy) is 1. The molecule has 2 aromatic rings. The quantitative estimate of drug-likeness (QED) is 0.877. The Labute approximate surface area is 122 Å². The van der Waals surface area contributed by atoms with Crippen LogP contribution in [0.5, 0.6) is 0 Å². The third kappa shape index (κ3) is 3.12. The molecule has 0 saturated carbocycles. The van der Waals surface area contributed by atoms with Crippen molar-refractivity contribution < 1.29 is 13.7 Å². The molecule has 21 heavy (non-hydrogen) atoms. The number of hydrogen-bond acceptors (Lipinski definition) is 8. The van der Waals surface area contributed by atoms with Gasteiger partial charge in [0.05, 0.1) is 24.9 Å². The van der Waals surface area contributed by atoms with Crippen molar-refractivity contribution in [2.75, 3.05) is 32.8 Å². The van der Waals surface area contributed by atoms with Crippen LogP contribution in [0.1, 0.15) is 23.5 Å². The summed E-state index contributed by atoms with van der Waals surface area (Å²) in [5.41, 5.74) is 6.87. The lowest BCUT2D eigenvalue weighted by molar-refractivity contribution is 0.0348. The van der Waals surface area contributed by atoms with Gasteiger partial charge >= 0.3 is 0 Å². The van der Waals surface area contributed by atoms with Crippen LogP contribution in [0.3, 0.4) is 0 Å². The lowest BCUT2D eigenvalue weighted by Crippen LogP contribution is -2.40. The van der Waals surface area contributed by atoms with E-state index >= 15 is 0 Å². The largest absolute Gasteiger partial charge is 0.436 e. The molecule has 0 bridgehead atoms. The van der Waals surface area contributed by atoms with Gasteiger partial charge in [0.25, 0.3) is 5.89 Å². The van der Waals surface area contributed by atoms with E-state index < -0.39 is 0 Å². The van der Waals surface area contributed by atoms with Gasteiger partial charge in [0, 0.05) is 26.6 Å². The summed E-state index contributed by atoms with van der Waals surface area (Å²) in [5, 5.41) is 3.95. The molecule has 1 fully saturated rings. The summed E-state index contributed by atoms with van der Waals surface area (Å²) >= 11 is 0. The third-order valence-electron chi connectivity index (χ3n) is 3.43. The van der Waals surface area contributed by atoms with Gasteiger partial charge in [-0.2, -0.15) is 4.98 Å². The number of aromatic nitrogens is 3. The van der Waals surface area contributed by atoms with Gasteiger partial charge in [0.15, 0.2) is 11.7 Å². The zero-order chi connectivity index (χ0) is 14.8. The topological polar surface area (TPSA) is 103 Å². The maximum absolute atomic E-state index is 6.15. The number of nitrogens with zero attached hydrogens (tertiary/aromatic N) is 4. The lowest BCUT2D eigenvalue weighted by atomic mass is 10.2. The van der Waals surface area contributed by atoms with Gasteiger partial charge in [-0.1, -0.05) is 5.16 Å². The van der Waals surface area contributed by atoms with Crippen molar-refractivity contribution in [2.45, 2.75) is 19.9 Å². The fourth-order valence-corrected chi connectivity index (χ4v) is 2.35. The molecule has 114 valence electrons. The number of rotatable bonds is 4. The first-order chi connectivity index (χ1) is 10.1. The number of nitrogens with two attached hydrogens (primary N) is 1. The van der Waals surface area contributed by atoms with Crippen molar-refractivity contribution in [2.24, 2.45) is 5.73 Å². The summed E-state index contributed by atoms with van der Waals surface area (Å²) in [5.74, 6) is 1.87. The van der Waals surface area contributed by atoms with Gasteiger partial charge in [-0.05, 0) is 6.92 Å². The van der Waals surface area contributed by atoms with Crippen LogP contribution in [-0.4, -0.2) is 52.9 Å². The molecule has 2 N–H and O–H groups in total. The molecule has 8 heteroatoms. The average molecular weight is 293 g/mol. The van der Waals surface area contributed by atoms with Crippen molar-refractivity contribution >= 4 is 0 Å². The molecular weight excluding hydrogens is 274 g/mol. The Morgan fingerprint density at radius 2 is 2.00 bits per heavy atom. The molecule has 8 nitrogen and oxygen atoms in total. The Bertz CT molecular complexity index is 603. The van der Waals surface area contributed by atoms with E-state index in [4.69, 9.17) is 19.4 Å². The van der Waals surface area contributed by atoms with E-state index in [1.165, 1.54) is 0 Å². The summed E-state index contributed by atoms with van der Waals surface area (Å²) in [6, 6.07) is -0.301. The Morgan fingerprint density at radius 1 is 1.24 bits per heavy atom. The van der Waals surface area contributed by atoms with Crippen molar-refractivity contribution in [3.8, 4) is 11.7 Å². The van der Waals surface area contributed by atoms with E-state index in [0.29, 0.717) is 29.9 Å². The minimum absolute atomic E-state index is 0.301. The first-order valence-corrected chi connectivity index (χ1v) is 6.97. The molecule has 1 aliphatic heterocycles. The number of morpholine rings is 1. The number of aryl methyl sites for hydroxylation is 2. The molecule has 1 aliphatic rings. The SMILES string of the molecule is Cc1nc(C)c(-c2nc(C(N)CN3CCOCC3)no2)o1. The van der Waals surface area contributed by atoms with E-state index in [0.717, 1.165) is 32.0 Å². The van der Waals surface area contributed by atoms with Gasteiger partial charge < -0.3 is 19.4 Å². The van der Waals surface area contributed by atoms with Crippen LogP contribution in [0.2, 0.25) is 0 Å². The Hall–Kier alpha value is -1.77. The fourth-order valence-electron chi connectivity index (χ4n) is 2.35. The van der Waals surface area contributed by atoms with Gasteiger partial charge in [-0.3, -0.25) is 4.90 Å². The summed E-state index contributed by atoms with van der Waals surface area (Å²) in [4.78, 5) is 10.7. The van der Waals surface area contributed by atoms with Crippen molar-refractivity contribution in [3.63, 3.8) is 0 Å². The zero-order valence-corrected chi connectivity index (χ0v) is 12.2. The standard InChI is InChI=1S/C13H19N5O3/c1-8-11(20-9(2)15-8)13-16-12(17-21-13)10(14)7-18-3-5-19-6-4-18/h10H,3-7,14H2,1-2H3. The van der Waals surface area contributed by atoms with Crippen LogP contribution in [-0.2, 0) is 4.74 Å². The highest BCUT2D eigenvalue weighted by Gasteiger charge is 2.22. The Kier molecular flexibility index (Phi) is 4.00. The average Bonchev–Trinajstić information content (AvgIpc) is 3.06. The van der Waals surface area contributed by atoms with Crippen LogP contribution in [0.25, 0.3) is 11.7 Å². The first-order valence-electron chi connectivity index (χ1n) is 6.97. The van der Waals surface area contributed by atoms with E-state index in [9.17, 15) is 0 Å². The predicted octanol–water partition coefficient (Wildman–Crippen LogP) is 0.673. The Balaban J connectivity index is 1.70. The molecule has 0 amide bonds. The number of hydrogen-bond donors (Lipinski definition) is 1.